The quantitative estimate of drug-likeness (QED) is 0.645. The number of hydrogen-bond acceptors (Lipinski definition) is 4. The summed E-state index contributed by atoms with van der Waals surface area (Å²) in [6.45, 7) is 0.000267. The van der Waals surface area contributed by atoms with Crippen LogP contribution in [0.4, 0.5) is 5.82 Å². The Balaban J connectivity index is 2.61. The molecule has 0 bridgehead atoms. The highest BCUT2D eigenvalue weighted by molar-refractivity contribution is 5.93. The van der Waals surface area contributed by atoms with Gasteiger partial charge in [0.25, 0.3) is 0 Å². The molecule has 0 aliphatic carbocycles. The van der Waals surface area contributed by atoms with Crippen molar-refractivity contribution in [1.29, 1.82) is 0 Å². The van der Waals surface area contributed by atoms with Gasteiger partial charge in [-0.25, -0.2) is 9.97 Å². The highest BCUT2D eigenvalue weighted by Crippen LogP contribution is 2.21. The molecule has 5 heteroatoms. The molecular formula is C9H10N4O. The maximum atomic E-state index is 8.65. The fourth-order valence-electron chi connectivity index (χ4n) is 1.32. The van der Waals surface area contributed by atoms with Gasteiger partial charge in [0.15, 0.2) is 0 Å². The van der Waals surface area contributed by atoms with Crippen LogP contribution in [0.5, 0.6) is 0 Å². The van der Waals surface area contributed by atoms with Gasteiger partial charge in [-0.1, -0.05) is 12.2 Å². The van der Waals surface area contributed by atoms with E-state index in [1.165, 1.54) is 6.33 Å². The minimum Gasteiger partial charge on any atom is -0.392 e. The molecule has 0 spiro atoms. The van der Waals surface area contributed by atoms with Gasteiger partial charge < -0.3 is 15.8 Å². The lowest BCUT2D eigenvalue weighted by Gasteiger charge is -1.94. The summed E-state index contributed by atoms with van der Waals surface area (Å²) in [7, 11) is 0. The molecule has 0 aliphatic heterocycles. The summed E-state index contributed by atoms with van der Waals surface area (Å²) in [5.74, 6) is 0.439. The van der Waals surface area contributed by atoms with Crippen molar-refractivity contribution in [2.24, 2.45) is 0 Å². The molecule has 2 heterocycles. The van der Waals surface area contributed by atoms with Crippen LogP contribution in [0.2, 0.25) is 0 Å². The molecule has 5 nitrogen and oxygen atoms in total. The van der Waals surface area contributed by atoms with Crippen molar-refractivity contribution < 1.29 is 5.11 Å². The number of nitrogens with one attached hydrogen (secondary N) is 1. The SMILES string of the molecule is Nc1ncnc2[nH]cc(C=CCO)c12. The highest BCUT2D eigenvalue weighted by Gasteiger charge is 2.05. The Labute approximate surface area is 80.3 Å². The molecule has 0 saturated carbocycles. The zero-order valence-electron chi connectivity index (χ0n) is 7.44. The van der Waals surface area contributed by atoms with E-state index in [9.17, 15) is 0 Å². The Morgan fingerprint density at radius 2 is 2.36 bits per heavy atom. The third kappa shape index (κ3) is 1.33. The second kappa shape index (κ2) is 3.47. The van der Waals surface area contributed by atoms with E-state index in [-0.39, 0.29) is 6.61 Å². The molecule has 4 N–H and O–H groups in total. The van der Waals surface area contributed by atoms with Crippen LogP contribution >= 0.6 is 0 Å². The van der Waals surface area contributed by atoms with Crippen LogP contribution < -0.4 is 5.73 Å². The van der Waals surface area contributed by atoms with Gasteiger partial charge in [-0.2, -0.15) is 0 Å². The molecule has 72 valence electrons. The maximum Gasteiger partial charge on any atom is 0.143 e. The van der Waals surface area contributed by atoms with Crippen LogP contribution in [0.1, 0.15) is 5.56 Å². The number of anilines is 1. The zero-order valence-corrected chi connectivity index (χ0v) is 7.44. The first kappa shape index (κ1) is 8.71. The fraction of sp³-hybridized carbons (Fsp3) is 0.111. The van der Waals surface area contributed by atoms with Crippen molar-refractivity contribution in [3.8, 4) is 0 Å². The molecule has 0 aliphatic rings. The Bertz CT molecular complexity index is 475. The molecule has 0 aromatic carbocycles. The van der Waals surface area contributed by atoms with E-state index in [1.54, 1.807) is 18.3 Å². The summed E-state index contributed by atoms with van der Waals surface area (Å²) in [6, 6.07) is 0. The maximum absolute atomic E-state index is 8.65. The third-order valence-electron chi connectivity index (χ3n) is 1.93. The van der Waals surface area contributed by atoms with E-state index in [1.807, 2.05) is 0 Å². The number of nitrogen functional groups attached to an aromatic ring is 1. The van der Waals surface area contributed by atoms with Gasteiger partial charge in [0.2, 0.25) is 0 Å². The number of fused-ring (bicyclic) bond motifs is 1. The molecule has 0 atom stereocenters. The van der Waals surface area contributed by atoms with Gasteiger partial charge in [0.1, 0.15) is 17.8 Å². The van der Waals surface area contributed by atoms with Crippen LogP contribution in [0, 0.1) is 0 Å². The van der Waals surface area contributed by atoms with E-state index in [4.69, 9.17) is 10.8 Å². The van der Waals surface area contributed by atoms with Crippen molar-refractivity contribution in [3.63, 3.8) is 0 Å². The predicted octanol–water partition coefficient (Wildman–Crippen LogP) is 0.546. The highest BCUT2D eigenvalue weighted by atomic mass is 16.2. The van der Waals surface area contributed by atoms with Crippen molar-refractivity contribution in [1.82, 2.24) is 15.0 Å². The van der Waals surface area contributed by atoms with Crippen molar-refractivity contribution in [2.45, 2.75) is 0 Å². The lowest BCUT2D eigenvalue weighted by Crippen LogP contribution is -1.92. The van der Waals surface area contributed by atoms with Crippen LogP contribution in [0.15, 0.2) is 18.6 Å². The van der Waals surface area contributed by atoms with Gasteiger partial charge in [-0.05, 0) is 0 Å². The zero-order chi connectivity index (χ0) is 9.97. The molecular weight excluding hydrogens is 180 g/mol. The van der Waals surface area contributed by atoms with Gasteiger partial charge in [-0.3, -0.25) is 0 Å². The van der Waals surface area contributed by atoms with E-state index in [0.29, 0.717) is 11.5 Å². The molecule has 0 radical (unpaired) electrons. The first-order valence-electron chi connectivity index (χ1n) is 4.18. The van der Waals surface area contributed by atoms with Crippen LogP contribution in [0.25, 0.3) is 17.1 Å². The van der Waals surface area contributed by atoms with Crippen molar-refractivity contribution in [3.05, 3.63) is 24.2 Å². The lowest BCUT2D eigenvalue weighted by atomic mass is 10.2. The second-order valence-corrected chi connectivity index (χ2v) is 2.81. The number of aromatic nitrogens is 3. The number of nitrogens with two attached hydrogens (primary N) is 1. The molecule has 2 aromatic rings. The van der Waals surface area contributed by atoms with Crippen molar-refractivity contribution in [2.75, 3.05) is 12.3 Å². The van der Waals surface area contributed by atoms with Gasteiger partial charge in [0, 0.05) is 11.8 Å². The Morgan fingerprint density at radius 1 is 1.50 bits per heavy atom. The average molecular weight is 190 g/mol. The predicted molar refractivity (Wildman–Crippen MR) is 54.4 cm³/mol. The minimum atomic E-state index is 0.000267. The van der Waals surface area contributed by atoms with Crippen LogP contribution in [-0.2, 0) is 0 Å². The number of aliphatic hydroxyl groups is 1. The number of aliphatic hydroxyl groups excluding tert-OH is 1. The third-order valence-corrected chi connectivity index (χ3v) is 1.93. The van der Waals surface area contributed by atoms with Crippen molar-refractivity contribution >= 4 is 22.9 Å². The van der Waals surface area contributed by atoms with E-state index in [0.717, 1.165) is 10.9 Å². The summed E-state index contributed by atoms with van der Waals surface area (Å²) in [4.78, 5) is 10.9. The molecule has 14 heavy (non-hydrogen) atoms. The van der Waals surface area contributed by atoms with Gasteiger partial charge in [0.05, 0.1) is 12.0 Å². The molecule has 0 fully saturated rings. The molecule has 2 aromatic heterocycles. The van der Waals surface area contributed by atoms with Crippen LogP contribution in [-0.4, -0.2) is 26.7 Å². The Kier molecular flexibility index (Phi) is 2.16. The second-order valence-electron chi connectivity index (χ2n) is 2.81. The summed E-state index contributed by atoms with van der Waals surface area (Å²) in [5, 5.41) is 9.44. The summed E-state index contributed by atoms with van der Waals surface area (Å²) >= 11 is 0. The van der Waals surface area contributed by atoms with E-state index < -0.39 is 0 Å². The van der Waals surface area contributed by atoms with E-state index >= 15 is 0 Å². The smallest absolute Gasteiger partial charge is 0.143 e. The number of H-pyrrole nitrogens is 1. The topological polar surface area (TPSA) is 87.8 Å². The monoisotopic (exact) mass is 190 g/mol. The summed E-state index contributed by atoms with van der Waals surface area (Å²) < 4.78 is 0. The largest absolute Gasteiger partial charge is 0.392 e. The number of rotatable bonds is 2. The number of hydrogen-bond donors (Lipinski definition) is 3. The fourth-order valence-corrected chi connectivity index (χ4v) is 1.32. The molecule has 2 rings (SSSR count). The Hall–Kier alpha value is -1.88. The molecule has 0 unspecified atom stereocenters. The first-order valence-corrected chi connectivity index (χ1v) is 4.18. The standard InChI is InChI=1S/C9H10N4O/c10-8-7-6(2-1-3-14)4-11-9(7)13-5-12-8/h1-2,4-5,14H,3H2,(H3,10,11,12,13). The number of aromatic amines is 1. The number of nitrogens with zero attached hydrogens (tertiary/aromatic N) is 2. The molecule has 0 saturated heterocycles. The molecule has 0 amide bonds. The lowest BCUT2D eigenvalue weighted by molar-refractivity contribution is 0.343. The minimum absolute atomic E-state index is 0.000267. The Morgan fingerprint density at radius 3 is 3.14 bits per heavy atom. The van der Waals surface area contributed by atoms with Gasteiger partial charge in [-0.15, -0.1) is 0 Å². The van der Waals surface area contributed by atoms with Gasteiger partial charge >= 0.3 is 0 Å². The average Bonchev–Trinajstić information content (AvgIpc) is 2.59. The first-order chi connectivity index (χ1) is 6.83. The van der Waals surface area contributed by atoms with E-state index in [2.05, 4.69) is 15.0 Å². The summed E-state index contributed by atoms with van der Waals surface area (Å²) in [5.41, 5.74) is 7.29. The van der Waals surface area contributed by atoms with Crippen LogP contribution in [0.3, 0.4) is 0 Å². The normalized spacial score (nSPS) is 11.5. The summed E-state index contributed by atoms with van der Waals surface area (Å²) in [6.07, 6.45) is 6.60.